The Balaban J connectivity index is 1.89. The van der Waals surface area contributed by atoms with Gasteiger partial charge in [0.05, 0.1) is 24.2 Å². The first kappa shape index (κ1) is 23.2. The fraction of sp³-hybridized carbons (Fsp3) is 0.167. The van der Waals surface area contributed by atoms with E-state index in [4.69, 9.17) is 27.9 Å². The van der Waals surface area contributed by atoms with Crippen molar-refractivity contribution in [3.8, 4) is 11.5 Å². The number of hydrazine groups is 1. The molecule has 3 N–H and O–H groups in total. The Hall–Kier alpha value is -3.11. The van der Waals surface area contributed by atoms with Crippen molar-refractivity contribution in [3.63, 3.8) is 0 Å². The number of carbonyl (C=O) groups excluding carboxylic acids is 3. The zero-order valence-corrected chi connectivity index (χ0v) is 16.8. The van der Waals surface area contributed by atoms with Gasteiger partial charge in [0.2, 0.25) is 0 Å². The van der Waals surface area contributed by atoms with E-state index >= 15 is 0 Å². The second kappa shape index (κ2) is 10.6. The van der Waals surface area contributed by atoms with E-state index in [-0.39, 0.29) is 32.7 Å². The highest BCUT2D eigenvalue weighted by Gasteiger charge is 2.16. The minimum Gasteiger partial charge on any atom is -0.493 e. The number of halogens is 4. The average molecular weight is 462 g/mol. The highest BCUT2D eigenvalue weighted by atomic mass is 35.5. The fourth-order valence-corrected chi connectivity index (χ4v) is 2.55. The molecule has 12 heteroatoms. The van der Waals surface area contributed by atoms with Crippen molar-refractivity contribution >= 4 is 40.9 Å². The third-order valence-corrected chi connectivity index (χ3v) is 4.10. The Morgan fingerprint density at radius 3 is 2.40 bits per heavy atom. The molecule has 0 saturated carbocycles. The third-order valence-electron chi connectivity index (χ3n) is 3.54. The van der Waals surface area contributed by atoms with Crippen molar-refractivity contribution in [2.24, 2.45) is 0 Å². The van der Waals surface area contributed by atoms with Crippen LogP contribution in [-0.2, 0) is 4.79 Å². The first-order valence-electron chi connectivity index (χ1n) is 8.16. The number of hydrogen-bond acceptors (Lipinski definition) is 5. The van der Waals surface area contributed by atoms with Crippen LogP contribution in [0.2, 0.25) is 10.0 Å². The van der Waals surface area contributed by atoms with Crippen LogP contribution in [0, 0.1) is 0 Å². The molecule has 3 amide bonds. The zero-order valence-electron chi connectivity index (χ0n) is 15.3. The van der Waals surface area contributed by atoms with Crippen molar-refractivity contribution in [2.45, 2.75) is 6.61 Å². The Kier molecular flexibility index (Phi) is 8.19. The maximum atomic E-state index is 12.3. The molecule has 2 rings (SSSR count). The standard InChI is InChI=1S/C18H15Cl2F2N3O5/c1-29-14-6-9(2-5-13(14)30-18(21)22)16(27)23-8-15(26)24-25-17(28)11-7-10(19)3-4-12(11)20/h2-7,18H,8H2,1H3,(H,23,27)(H,24,26)(H,25,28). The predicted molar refractivity (Wildman–Crippen MR) is 104 cm³/mol. The van der Waals surface area contributed by atoms with Crippen LogP contribution in [0.15, 0.2) is 36.4 Å². The fourth-order valence-electron chi connectivity index (χ4n) is 2.17. The summed E-state index contributed by atoms with van der Waals surface area (Å²) in [6.45, 7) is -3.54. The quantitative estimate of drug-likeness (QED) is 0.549. The van der Waals surface area contributed by atoms with Crippen LogP contribution in [0.4, 0.5) is 8.78 Å². The average Bonchev–Trinajstić information content (AvgIpc) is 2.71. The van der Waals surface area contributed by atoms with E-state index in [0.717, 1.165) is 6.07 Å². The van der Waals surface area contributed by atoms with Gasteiger partial charge < -0.3 is 14.8 Å². The van der Waals surface area contributed by atoms with Gasteiger partial charge in [-0.2, -0.15) is 8.78 Å². The predicted octanol–water partition coefficient (Wildman–Crippen LogP) is 2.79. The smallest absolute Gasteiger partial charge is 0.387 e. The van der Waals surface area contributed by atoms with Gasteiger partial charge in [-0.1, -0.05) is 23.2 Å². The van der Waals surface area contributed by atoms with Crippen LogP contribution in [0.5, 0.6) is 11.5 Å². The van der Waals surface area contributed by atoms with Gasteiger partial charge in [-0.05, 0) is 36.4 Å². The highest BCUT2D eigenvalue weighted by Crippen LogP contribution is 2.29. The van der Waals surface area contributed by atoms with Crippen molar-refractivity contribution in [1.82, 2.24) is 16.2 Å². The van der Waals surface area contributed by atoms with Crippen LogP contribution >= 0.6 is 23.2 Å². The Bertz CT molecular complexity index is 959. The van der Waals surface area contributed by atoms with Gasteiger partial charge in [-0.15, -0.1) is 0 Å². The second-order valence-electron chi connectivity index (χ2n) is 5.55. The number of nitrogens with one attached hydrogen (secondary N) is 3. The van der Waals surface area contributed by atoms with Crippen LogP contribution < -0.4 is 25.6 Å². The molecule has 0 bridgehead atoms. The zero-order chi connectivity index (χ0) is 22.3. The summed E-state index contributed by atoms with van der Waals surface area (Å²) in [4.78, 5) is 36.0. The van der Waals surface area contributed by atoms with Gasteiger partial charge in [-0.25, -0.2) is 0 Å². The van der Waals surface area contributed by atoms with E-state index < -0.39 is 30.9 Å². The SMILES string of the molecule is COc1cc(C(=O)NCC(=O)NNC(=O)c2cc(Cl)ccc2Cl)ccc1OC(F)F. The van der Waals surface area contributed by atoms with Crippen molar-refractivity contribution < 1.29 is 32.6 Å². The summed E-state index contributed by atoms with van der Waals surface area (Å²) in [6, 6.07) is 7.77. The molecule has 0 unspecified atom stereocenters. The molecule has 0 aliphatic carbocycles. The number of hydrogen-bond donors (Lipinski definition) is 3. The molecule has 0 atom stereocenters. The first-order chi connectivity index (χ1) is 14.2. The van der Waals surface area contributed by atoms with Crippen LogP contribution in [0.25, 0.3) is 0 Å². The topological polar surface area (TPSA) is 106 Å². The van der Waals surface area contributed by atoms with Crippen molar-refractivity contribution in [3.05, 3.63) is 57.6 Å². The molecule has 0 aliphatic rings. The molecule has 160 valence electrons. The van der Waals surface area contributed by atoms with Crippen molar-refractivity contribution in [2.75, 3.05) is 13.7 Å². The molecule has 2 aromatic rings. The molecular formula is C18H15Cl2F2N3O5. The van der Waals surface area contributed by atoms with Gasteiger partial charge in [0.15, 0.2) is 11.5 Å². The van der Waals surface area contributed by atoms with Gasteiger partial charge >= 0.3 is 6.61 Å². The van der Waals surface area contributed by atoms with Gasteiger partial charge in [0.1, 0.15) is 0 Å². The lowest BCUT2D eigenvalue weighted by Crippen LogP contribution is -2.46. The number of carbonyl (C=O) groups is 3. The Labute approximate surface area is 179 Å². The molecule has 0 saturated heterocycles. The molecule has 0 aliphatic heterocycles. The minimum absolute atomic E-state index is 0.0380. The monoisotopic (exact) mass is 461 g/mol. The Morgan fingerprint density at radius 2 is 1.73 bits per heavy atom. The first-order valence-corrected chi connectivity index (χ1v) is 8.92. The number of benzene rings is 2. The van der Waals surface area contributed by atoms with Gasteiger partial charge in [0, 0.05) is 10.6 Å². The van der Waals surface area contributed by atoms with Crippen LogP contribution in [0.3, 0.4) is 0 Å². The molecule has 8 nitrogen and oxygen atoms in total. The maximum absolute atomic E-state index is 12.3. The largest absolute Gasteiger partial charge is 0.493 e. The number of alkyl halides is 2. The molecule has 0 heterocycles. The molecule has 0 fully saturated rings. The summed E-state index contributed by atoms with van der Waals surface area (Å²) in [6.07, 6.45) is 0. The molecule has 30 heavy (non-hydrogen) atoms. The van der Waals surface area contributed by atoms with E-state index in [1.807, 2.05) is 0 Å². The van der Waals surface area contributed by atoms with E-state index in [9.17, 15) is 23.2 Å². The molecule has 0 spiro atoms. The molecular weight excluding hydrogens is 447 g/mol. The summed E-state index contributed by atoms with van der Waals surface area (Å²) in [5.41, 5.74) is 4.32. The number of methoxy groups -OCH3 is 1. The molecule has 0 radical (unpaired) electrons. The van der Waals surface area contributed by atoms with Crippen LogP contribution in [0.1, 0.15) is 20.7 Å². The molecule has 0 aromatic heterocycles. The highest BCUT2D eigenvalue weighted by molar-refractivity contribution is 6.35. The number of rotatable bonds is 7. The van der Waals surface area contributed by atoms with Gasteiger partial charge in [0.25, 0.3) is 17.7 Å². The summed E-state index contributed by atoms with van der Waals surface area (Å²) in [5, 5.41) is 2.71. The normalized spacial score (nSPS) is 10.3. The number of amides is 3. The summed E-state index contributed by atoms with van der Waals surface area (Å²) >= 11 is 11.7. The van der Waals surface area contributed by atoms with E-state index in [2.05, 4.69) is 20.9 Å². The minimum atomic E-state index is -3.06. The lowest BCUT2D eigenvalue weighted by atomic mass is 10.2. The summed E-state index contributed by atoms with van der Waals surface area (Å²) < 4.78 is 33.8. The van der Waals surface area contributed by atoms with Gasteiger partial charge in [-0.3, -0.25) is 25.2 Å². The summed E-state index contributed by atoms with van der Waals surface area (Å²) in [7, 11) is 1.22. The lowest BCUT2D eigenvalue weighted by molar-refractivity contribution is -0.120. The molecule has 2 aromatic carbocycles. The second-order valence-corrected chi connectivity index (χ2v) is 6.40. The Morgan fingerprint density at radius 1 is 1.00 bits per heavy atom. The summed E-state index contributed by atoms with van der Waals surface area (Å²) in [5.74, 6) is -2.46. The lowest BCUT2D eigenvalue weighted by Gasteiger charge is -2.12. The van der Waals surface area contributed by atoms with E-state index in [1.165, 1.54) is 37.4 Å². The van der Waals surface area contributed by atoms with Crippen molar-refractivity contribution in [1.29, 1.82) is 0 Å². The maximum Gasteiger partial charge on any atom is 0.387 e. The van der Waals surface area contributed by atoms with E-state index in [1.54, 1.807) is 0 Å². The van der Waals surface area contributed by atoms with E-state index in [0.29, 0.717) is 0 Å². The third kappa shape index (κ3) is 6.46. The number of ether oxygens (including phenoxy) is 2. The van der Waals surface area contributed by atoms with Crippen LogP contribution in [-0.4, -0.2) is 38.0 Å².